The van der Waals surface area contributed by atoms with Crippen molar-refractivity contribution in [2.75, 3.05) is 39.5 Å². The van der Waals surface area contributed by atoms with Gasteiger partial charge in [0.15, 0.2) is 6.29 Å². The van der Waals surface area contributed by atoms with Gasteiger partial charge < -0.3 is 14.2 Å². The van der Waals surface area contributed by atoms with Crippen LogP contribution in [0.3, 0.4) is 0 Å². The molecule has 4 rings (SSSR count). The highest BCUT2D eigenvalue weighted by molar-refractivity contribution is 5.29. The topological polar surface area (TPSA) is 30.9 Å². The van der Waals surface area contributed by atoms with Crippen molar-refractivity contribution in [2.45, 2.75) is 25.6 Å². The van der Waals surface area contributed by atoms with Crippen LogP contribution < -0.4 is 4.74 Å². The second kappa shape index (κ2) is 9.36. The first-order valence-corrected chi connectivity index (χ1v) is 10.1. The summed E-state index contributed by atoms with van der Waals surface area (Å²) in [5.41, 5.74) is 2.50. The van der Waals surface area contributed by atoms with Gasteiger partial charge >= 0.3 is 0 Å². The number of hydrogen-bond donors (Lipinski definition) is 0. The molecule has 0 bridgehead atoms. The van der Waals surface area contributed by atoms with Gasteiger partial charge in [-0.2, -0.15) is 0 Å². The average Bonchev–Trinajstić information content (AvgIpc) is 3.25. The van der Waals surface area contributed by atoms with Crippen LogP contribution in [-0.2, 0) is 15.9 Å². The minimum Gasteiger partial charge on any atom is -0.492 e. The highest BCUT2D eigenvalue weighted by Gasteiger charge is 2.20. The summed E-state index contributed by atoms with van der Waals surface area (Å²) >= 11 is 0. The van der Waals surface area contributed by atoms with E-state index in [0.29, 0.717) is 13.2 Å². The maximum absolute atomic E-state index is 5.98. The Morgan fingerprint density at radius 1 is 0.926 bits per heavy atom. The molecule has 0 aromatic heterocycles. The summed E-state index contributed by atoms with van der Waals surface area (Å²) in [4.78, 5) is 2.52. The molecular weight excluding hydrogens is 338 g/mol. The normalized spacial score (nSPS) is 19.4. The lowest BCUT2D eigenvalue weighted by atomic mass is 9.90. The predicted molar refractivity (Wildman–Crippen MR) is 106 cm³/mol. The first kappa shape index (κ1) is 18.5. The molecule has 0 N–H and O–H groups in total. The Kier molecular flexibility index (Phi) is 6.40. The molecule has 0 unspecified atom stereocenters. The Hall–Kier alpha value is -1.88. The van der Waals surface area contributed by atoms with Gasteiger partial charge in [0.25, 0.3) is 0 Å². The number of hydrogen-bond acceptors (Lipinski definition) is 4. The third-order valence-electron chi connectivity index (χ3n) is 5.50. The van der Waals surface area contributed by atoms with Crippen molar-refractivity contribution in [1.29, 1.82) is 0 Å². The fourth-order valence-corrected chi connectivity index (χ4v) is 3.96. The van der Waals surface area contributed by atoms with Gasteiger partial charge in [-0.05, 0) is 56.0 Å². The molecule has 0 radical (unpaired) electrons. The highest BCUT2D eigenvalue weighted by atomic mass is 16.7. The molecule has 4 nitrogen and oxygen atoms in total. The van der Waals surface area contributed by atoms with Crippen molar-refractivity contribution in [3.63, 3.8) is 0 Å². The number of rotatable bonds is 7. The van der Waals surface area contributed by atoms with E-state index in [2.05, 4.69) is 35.2 Å². The van der Waals surface area contributed by atoms with E-state index in [1.165, 1.54) is 37.9 Å². The van der Waals surface area contributed by atoms with Gasteiger partial charge in [0.05, 0.1) is 13.2 Å². The summed E-state index contributed by atoms with van der Waals surface area (Å²) in [5.74, 6) is 1.71. The Bertz CT molecular complexity index is 692. The smallest absolute Gasteiger partial charge is 0.184 e. The molecule has 144 valence electrons. The molecule has 4 heteroatoms. The lowest BCUT2D eigenvalue weighted by Gasteiger charge is -2.31. The minimum absolute atomic E-state index is 0.239. The van der Waals surface area contributed by atoms with Gasteiger partial charge in [-0.25, -0.2) is 0 Å². The van der Waals surface area contributed by atoms with E-state index in [9.17, 15) is 0 Å². The van der Waals surface area contributed by atoms with E-state index in [1.54, 1.807) is 0 Å². The van der Waals surface area contributed by atoms with Crippen LogP contribution in [0, 0.1) is 5.92 Å². The van der Waals surface area contributed by atoms with Crippen molar-refractivity contribution in [1.82, 2.24) is 4.90 Å². The van der Waals surface area contributed by atoms with Crippen molar-refractivity contribution in [3.8, 4) is 5.75 Å². The second-order valence-electron chi connectivity index (χ2n) is 7.47. The summed E-state index contributed by atoms with van der Waals surface area (Å²) in [6.07, 6.45) is 3.53. The van der Waals surface area contributed by atoms with Gasteiger partial charge in [-0.15, -0.1) is 0 Å². The third-order valence-corrected chi connectivity index (χ3v) is 5.50. The Balaban J connectivity index is 1.18. The van der Waals surface area contributed by atoms with Crippen LogP contribution >= 0.6 is 0 Å². The quantitative estimate of drug-likeness (QED) is 0.738. The predicted octanol–water partition coefficient (Wildman–Crippen LogP) is 4.07. The molecule has 0 saturated carbocycles. The zero-order valence-corrected chi connectivity index (χ0v) is 15.9. The van der Waals surface area contributed by atoms with Crippen molar-refractivity contribution >= 4 is 0 Å². The highest BCUT2D eigenvalue weighted by Crippen LogP contribution is 2.26. The second-order valence-corrected chi connectivity index (χ2v) is 7.47. The van der Waals surface area contributed by atoms with E-state index in [-0.39, 0.29) is 6.29 Å². The number of piperidine rings is 1. The molecule has 2 aromatic rings. The molecule has 2 aliphatic rings. The van der Waals surface area contributed by atoms with Crippen LogP contribution in [0.15, 0.2) is 54.6 Å². The first-order valence-electron chi connectivity index (χ1n) is 10.1. The van der Waals surface area contributed by atoms with Crippen LogP contribution in [0.4, 0.5) is 0 Å². The summed E-state index contributed by atoms with van der Waals surface area (Å²) in [6, 6.07) is 18.9. The van der Waals surface area contributed by atoms with Gasteiger partial charge in [0.1, 0.15) is 12.4 Å². The monoisotopic (exact) mass is 367 g/mol. The maximum atomic E-state index is 5.98. The molecule has 0 atom stereocenters. The van der Waals surface area contributed by atoms with Gasteiger partial charge in [-0.1, -0.05) is 42.5 Å². The Morgan fingerprint density at radius 2 is 1.70 bits per heavy atom. The Morgan fingerprint density at radius 3 is 2.48 bits per heavy atom. The number of benzene rings is 2. The van der Waals surface area contributed by atoms with E-state index < -0.39 is 0 Å². The number of nitrogens with zero attached hydrogens (tertiary/aromatic N) is 1. The van der Waals surface area contributed by atoms with Crippen LogP contribution in [0.5, 0.6) is 5.75 Å². The van der Waals surface area contributed by atoms with Crippen LogP contribution in [0.2, 0.25) is 0 Å². The fourth-order valence-electron chi connectivity index (χ4n) is 3.96. The number of likely N-dealkylation sites (tertiary alicyclic amines) is 1. The molecule has 2 fully saturated rings. The van der Waals surface area contributed by atoms with Crippen molar-refractivity contribution in [2.24, 2.45) is 5.92 Å². The zero-order valence-electron chi connectivity index (χ0n) is 15.9. The largest absolute Gasteiger partial charge is 0.492 e. The van der Waals surface area contributed by atoms with Gasteiger partial charge in [-0.3, -0.25) is 4.90 Å². The summed E-state index contributed by atoms with van der Waals surface area (Å²) in [7, 11) is 0. The van der Waals surface area contributed by atoms with Crippen LogP contribution in [0.25, 0.3) is 0 Å². The SMILES string of the molecule is c1ccc(CC2CCN(CCOc3cccc(C4OCCO4)c3)CC2)cc1. The van der Waals surface area contributed by atoms with Crippen LogP contribution in [-0.4, -0.2) is 44.4 Å². The minimum atomic E-state index is -0.239. The molecule has 2 aliphatic heterocycles. The molecule has 2 aromatic carbocycles. The summed E-state index contributed by atoms with van der Waals surface area (Å²) in [5, 5.41) is 0. The van der Waals surface area contributed by atoms with Crippen LogP contribution in [0.1, 0.15) is 30.3 Å². The molecule has 0 amide bonds. The maximum Gasteiger partial charge on any atom is 0.184 e. The zero-order chi connectivity index (χ0) is 18.3. The average molecular weight is 367 g/mol. The molecule has 2 saturated heterocycles. The van der Waals surface area contributed by atoms with Gasteiger partial charge in [0.2, 0.25) is 0 Å². The Labute approximate surface area is 162 Å². The third kappa shape index (κ3) is 5.32. The molecule has 0 spiro atoms. The fraction of sp³-hybridized carbons (Fsp3) is 0.478. The van der Waals surface area contributed by atoms with E-state index in [1.807, 2.05) is 24.3 Å². The molecule has 27 heavy (non-hydrogen) atoms. The molecule has 0 aliphatic carbocycles. The number of ether oxygens (including phenoxy) is 3. The molecule has 2 heterocycles. The first-order chi connectivity index (χ1) is 13.4. The lowest BCUT2D eigenvalue weighted by Crippen LogP contribution is -2.37. The van der Waals surface area contributed by atoms with Crippen molar-refractivity contribution in [3.05, 3.63) is 65.7 Å². The lowest BCUT2D eigenvalue weighted by molar-refractivity contribution is -0.0442. The van der Waals surface area contributed by atoms with E-state index in [4.69, 9.17) is 14.2 Å². The summed E-state index contributed by atoms with van der Waals surface area (Å²) in [6.45, 7) is 5.37. The standard InChI is InChI=1S/C23H29NO3/c1-2-5-19(6-3-1)17-20-9-11-24(12-10-20)13-14-25-22-8-4-7-21(18-22)23-26-15-16-27-23/h1-8,18,20,23H,9-17H2. The van der Waals surface area contributed by atoms with E-state index in [0.717, 1.165) is 30.4 Å². The van der Waals surface area contributed by atoms with E-state index >= 15 is 0 Å². The molecular formula is C23H29NO3. The van der Waals surface area contributed by atoms with Gasteiger partial charge in [0, 0.05) is 12.1 Å². The van der Waals surface area contributed by atoms with Crippen molar-refractivity contribution < 1.29 is 14.2 Å². The summed E-state index contributed by atoms with van der Waals surface area (Å²) < 4.78 is 17.1.